The number of aromatic amines is 1. The predicted octanol–water partition coefficient (Wildman–Crippen LogP) is 1.86. The van der Waals surface area contributed by atoms with Crippen molar-refractivity contribution in [1.82, 2.24) is 15.3 Å². The molecule has 0 saturated carbocycles. The van der Waals surface area contributed by atoms with Gasteiger partial charge in [-0.15, -0.1) is 0 Å². The van der Waals surface area contributed by atoms with Crippen LogP contribution in [0.3, 0.4) is 0 Å². The molecule has 1 aromatic carbocycles. The second kappa shape index (κ2) is 6.31. The number of benzene rings is 1. The van der Waals surface area contributed by atoms with Crippen LogP contribution in [-0.2, 0) is 6.54 Å². The summed E-state index contributed by atoms with van der Waals surface area (Å²) in [6.45, 7) is 0.318. The van der Waals surface area contributed by atoms with Crippen LogP contribution in [0.25, 0.3) is 10.9 Å². The molecule has 3 aromatic rings. The van der Waals surface area contributed by atoms with Crippen molar-refractivity contribution in [2.24, 2.45) is 0 Å². The molecule has 0 aliphatic heterocycles. The van der Waals surface area contributed by atoms with Gasteiger partial charge in [0, 0.05) is 35.8 Å². The number of nitrogens with one attached hydrogen (secondary N) is 2. The smallest absolute Gasteiger partial charge is 0.252 e. The molecule has 0 saturated heterocycles. The highest BCUT2D eigenvalue weighted by Gasteiger charge is 2.11. The van der Waals surface area contributed by atoms with Crippen LogP contribution in [0.4, 0.5) is 0 Å². The molecule has 0 radical (unpaired) electrons. The normalized spacial score (nSPS) is 10.5. The Balaban J connectivity index is 1.85. The highest BCUT2D eigenvalue weighted by molar-refractivity contribution is 6.05. The first kappa shape index (κ1) is 14.8. The van der Waals surface area contributed by atoms with E-state index in [2.05, 4.69) is 15.3 Å². The summed E-state index contributed by atoms with van der Waals surface area (Å²) in [6, 6.07) is 12.0. The molecule has 2 N–H and O–H groups in total. The Morgan fingerprint density at radius 2 is 2.09 bits per heavy atom. The average molecular weight is 309 g/mol. The maximum Gasteiger partial charge on any atom is 0.252 e. The minimum atomic E-state index is -0.306. The van der Waals surface area contributed by atoms with E-state index in [1.165, 1.54) is 13.2 Å². The first-order valence-electron chi connectivity index (χ1n) is 7.06. The van der Waals surface area contributed by atoms with Crippen LogP contribution in [0, 0.1) is 0 Å². The topological polar surface area (TPSA) is 84.1 Å². The third kappa shape index (κ3) is 3.21. The largest absolute Gasteiger partial charge is 0.481 e. The molecule has 2 aromatic heterocycles. The van der Waals surface area contributed by atoms with Crippen LogP contribution in [0.1, 0.15) is 15.9 Å². The molecule has 3 rings (SSSR count). The number of amides is 1. The minimum Gasteiger partial charge on any atom is -0.481 e. The number of methoxy groups -OCH3 is 1. The molecule has 6 nitrogen and oxygen atoms in total. The second-order valence-electron chi connectivity index (χ2n) is 4.98. The van der Waals surface area contributed by atoms with Crippen LogP contribution in [0.2, 0.25) is 0 Å². The monoisotopic (exact) mass is 309 g/mol. The molecule has 0 unspecified atom stereocenters. The summed E-state index contributed by atoms with van der Waals surface area (Å²) < 4.78 is 5.05. The summed E-state index contributed by atoms with van der Waals surface area (Å²) >= 11 is 0. The molecule has 1 amide bonds. The standard InChI is InChI=1S/C17H15N3O3/c1-23-16-8-11(6-7-18-16)10-19-17(22)13-9-15(21)20-14-5-3-2-4-12(13)14/h2-9H,10H2,1H3,(H,19,22)(H,20,21). The van der Waals surface area contributed by atoms with Crippen molar-refractivity contribution in [2.75, 3.05) is 7.11 Å². The molecule has 0 spiro atoms. The van der Waals surface area contributed by atoms with Crippen molar-refractivity contribution in [1.29, 1.82) is 0 Å². The lowest BCUT2D eigenvalue weighted by atomic mass is 10.1. The van der Waals surface area contributed by atoms with Crippen LogP contribution in [0.15, 0.2) is 53.5 Å². The van der Waals surface area contributed by atoms with E-state index >= 15 is 0 Å². The zero-order chi connectivity index (χ0) is 16.2. The van der Waals surface area contributed by atoms with E-state index in [0.29, 0.717) is 28.9 Å². The van der Waals surface area contributed by atoms with Crippen molar-refractivity contribution >= 4 is 16.8 Å². The molecule has 0 aliphatic rings. The number of ether oxygens (including phenoxy) is 1. The lowest BCUT2D eigenvalue weighted by Gasteiger charge is -2.08. The van der Waals surface area contributed by atoms with Gasteiger partial charge in [0.15, 0.2) is 0 Å². The quantitative estimate of drug-likeness (QED) is 0.770. The maximum absolute atomic E-state index is 12.4. The van der Waals surface area contributed by atoms with Gasteiger partial charge in [-0.3, -0.25) is 9.59 Å². The minimum absolute atomic E-state index is 0.303. The fraction of sp³-hybridized carbons (Fsp3) is 0.118. The lowest BCUT2D eigenvalue weighted by Crippen LogP contribution is -2.24. The van der Waals surface area contributed by atoms with Gasteiger partial charge in [0.1, 0.15) is 0 Å². The summed E-state index contributed by atoms with van der Waals surface area (Å²) in [5, 5.41) is 3.52. The second-order valence-corrected chi connectivity index (χ2v) is 4.98. The average Bonchev–Trinajstić information content (AvgIpc) is 2.59. The maximum atomic E-state index is 12.4. The fourth-order valence-corrected chi connectivity index (χ4v) is 2.34. The molecule has 116 valence electrons. The van der Waals surface area contributed by atoms with E-state index in [1.54, 1.807) is 30.5 Å². The van der Waals surface area contributed by atoms with E-state index < -0.39 is 0 Å². The number of H-pyrrole nitrogens is 1. The highest BCUT2D eigenvalue weighted by Crippen LogP contribution is 2.15. The van der Waals surface area contributed by atoms with E-state index in [0.717, 1.165) is 5.56 Å². The molecule has 2 heterocycles. The molecule has 0 bridgehead atoms. The molecule has 0 fully saturated rings. The number of carbonyl (C=O) groups excluding carboxylic acids is 1. The molecular formula is C17H15N3O3. The van der Waals surface area contributed by atoms with Gasteiger partial charge in [0.25, 0.3) is 5.91 Å². The molecular weight excluding hydrogens is 294 g/mol. The van der Waals surface area contributed by atoms with Gasteiger partial charge in [-0.1, -0.05) is 18.2 Å². The Labute approximate surface area is 132 Å². The molecule has 0 aliphatic carbocycles. The third-order valence-electron chi connectivity index (χ3n) is 3.46. The van der Waals surface area contributed by atoms with Gasteiger partial charge in [-0.25, -0.2) is 4.98 Å². The summed E-state index contributed by atoms with van der Waals surface area (Å²) in [4.78, 5) is 30.9. The van der Waals surface area contributed by atoms with E-state index in [9.17, 15) is 9.59 Å². The highest BCUT2D eigenvalue weighted by atomic mass is 16.5. The summed E-state index contributed by atoms with van der Waals surface area (Å²) in [7, 11) is 1.53. The van der Waals surface area contributed by atoms with Crippen LogP contribution < -0.4 is 15.6 Å². The van der Waals surface area contributed by atoms with E-state index in [4.69, 9.17) is 4.74 Å². The van der Waals surface area contributed by atoms with Gasteiger partial charge < -0.3 is 15.0 Å². The van der Waals surface area contributed by atoms with Crippen LogP contribution >= 0.6 is 0 Å². The molecule has 0 atom stereocenters. The number of carbonyl (C=O) groups is 1. The third-order valence-corrected chi connectivity index (χ3v) is 3.46. The van der Waals surface area contributed by atoms with Gasteiger partial charge >= 0.3 is 0 Å². The first-order chi connectivity index (χ1) is 11.2. The Hall–Kier alpha value is -3.15. The predicted molar refractivity (Wildman–Crippen MR) is 86.5 cm³/mol. The first-order valence-corrected chi connectivity index (χ1v) is 7.06. The van der Waals surface area contributed by atoms with Crippen molar-refractivity contribution in [3.8, 4) is 5.88 Å². The molecule has 23 heavy (non-hydrogen) atoms. The summed E-state index contributed by atoms with van der Waals surface area (Å²) in [5.41, 5.74) is 1.54. The van der Waals surface area contributed by atoms with Crippen molar-refractivity contribution in [3.63, 3.8) is 0 Å². The van der Waals surface area contributed by atoms with E-state index in [1.807, 2.05) is 12.1 Å². The van der Waals surface area contributed by atoms with Gasteiger partial charge in [0.2, 0.25) is 11.4 Å². The zero-order valence-corrected chi connectivity index (χ0v) is 12.5. The van der Waals surface area contributed by atoms with Crippen LogP contribution in [0.5, 0.6) is 5.88 Å². The number of nitrogens with zero attached hydrogens (tertiary/aromatic N) is 1. The lowest BCUT2D eigenvalue weighted by molar-refractivity contribution is 0.0952. The van der Waals surface area contributed by atoms with Crippen molar-refractivity contribution in [2.45, 2.75) is 6.54 Å². The Morgan fingerprint density at radius 3 is 2.91 bits per heavy atom. The Kier molecular flexibility index (Phi) is 4.05. The summed E-state index contributed by atoms with van der Waals surface area (Å²) in [6.07, 6.45) is 1.61. The molecule has 6 heteroatoms. The summed E-state index contributed by atoms with van der Waals surface area (Å²) in [5.74, 6) is 0.182. The fourth-order valence-electron chi connectivity index (χ4n) is 2.34. The van der Waals surface area contributed by atoms with Crippen molar-refractivity contribution < 1.29 is 9.53 Å². The number of aromatic nitrogens is 2. The number of hydrogen-bond donors (Lipinski definition) is 2. The van der Waals surface area contributed by atoms with Crippen molar-refractivity contribution in [3.05, 3.63) is 70.1 Å². The zero-order valence-electron chi connectivity index (χ0n) is 12.5. The van der Waals surface area contributed by atoms with E-state index in [-0.39, 0.29) is 11.5 Å². The number of para-hydroxylation sites is 1. The van der Waals surface area contributed by atoms with Gasteiger partial charge in [0.05, 0.1) is 12.7 Å². The number of pyridine rings is 2. The SMILES string of the molecule is COc1cc(CNC(=O)c2cc(=O)[nH]c3ccccc23)ccn1. The Morgan fingerprint density at radius 1 is 1.26 bits per heavy atom. The number of hydrogen-bond acceptors (Lipinski definition) is 4. The number of fused-ring (bicyclic) bond motifs is 1. The van der Waals surface area contributed by atoms with Crippen LogP contribution in [-0.4, -0.2) is 23.0 Å². The Bertz CT molecular complexity index is 918. The van der Waals surface area contributed by atoms with Gasteiger partial charge in [-0.05, 0) is 17.7 Å². The van der Waals surface area contributed by atoms with Gasteiger partial charge in [-0.2, -0.15) is 0 Å². The number of rotatable bonds is 4.